The molecule has 2 heterocycles. The molecule has 1 saturated heterocycles. The van der Waals surface area contributed by atoms with Gasteiger partial charge in [0.25, 0.3) is 5.91 Å². The average molecular weight is 353 g/mol. The highest BCUT2D eigenvalue weighted by Crippen LogP contribution is 2.41. The molecule has 1 fully saturated rings. The van der Waals surface area contributed by atoms with Gasteiger partial charge in [-0.15, -0.1) is 11.3 Å². The predicted molar refractivity (Wildman–Crippen MR) is 103 cm³/mol. The summed E-state index contributed by atoms with van der Waals surface area (Å²) in [6.45, 7) is 3.80. The third kappa shape index (κ3) is 3.40. The number of aryl methyl sites for hydroxylation is 1. The minimum absolute atomic E-state index is 0.176. The Morgan fingerprint density at radius 2 is 2.04 bits per heavy atom. The molecule has 0 bridgehead atoms. The second-order valence-corrected chi connectivity index (χ2v) is 8.27. The Balaban J connectivity index is 1.49. The Labute approximate surface area is 153 Å². The second-order valence-electron chi connectivity index (χ2n) is 7.42. The van der Waals surface area contributed by atoms with E-state index in [0.717, 1.165) is 54.2 Å². The number of amides is 1. The fourth-order valence-corrected chi connectivity index (χ4v) is 4.92. The Morgan fingerprint density at radius 3 is 2.72 bits per heavy atom. The largest absolute Gasteiger partial charge is 0.338 e. The topological polar surface area (TPSA) is 33.2 Å². The summed E-state index contributed by atoms with van der Waals surface area (Å²) in [4.78, 5) is 19.6. The van der Waals surface area contributed by atoms with Crippen LogP contribution >= 0.6 is 11.3 Å². The van der Waals surface area contributed by atoms with Crippen LogP contribution in [0.2, 0.25) is 0 Å². The number of rotatable bonds is 2. The number of carbonyl (C=O) groups excluding carboxylic acids is 1. The van der Waals surface area contributed by atoms with Crippen molar-refractivity contribution in [2.45, 2.75) is 39.0 Å². The molecule has 25 heavy (non-hydrogen) atoms. The van der Waals surface area contributed by atoms with Gasteiger partial charge in [0.15, 0.2) is 0 Å². The summed E-state index contributed by atoms with van der Waals surface area (Å²) in [5.74, 6) is 0.176. The Hall–Kier alpha value is -1.94. The molecule has 3 nitrogen and oxygen atoms in total. The van der Waals surface area contributed by atoms with E-state index in [-0.39, 0.29) is 5.91 Å². The number of piperidine rings is 1. The van der Waals surface area contributed by atoms with Crippen LogP contribution in [0.1, 0.15) is 48.2 Å². The van der Waals surface area contributed by atoms with Crippen LogP contribution in [0.3, 0.4) is 0 Å². The highest BCUT2D eigenvalue weighted by atomic mass is 32.1. The molecule has 0 saturated carbocycles. The molecular weight excluding hydrogens is 328 g/mol. The zero-order chi connectivity index (χ0) is 17.3. The van der Waals surface area contributed by atoms with E-state index in [9.17, 15) is 4.79 Å². The summed E-state index contributed by atoms with van der Waals surface area (Å²) < 4.78 is 0. The van der Waals surface area contributed by atoms with Crippen LogP contribution in [0.15, 0.2) is 41.8 Å². The maximum atomic E-state index is 13.0. The normalized spacial score (nSPS) is 23.2. The lowest BCUT2D eigenvalue weighted by Gasteiger charge is -2.44. The first-order valence-corrected chi connectivity index (χ1v) is 10.0. The Morgan fingerprint density at radius 1 is 1.20 bits per heavy atom. The van der Waals surface area contributed by atoms with Crippen LogP contribution in [-0.2, 0) is 0 Å². The van der Waals surface area contributed by atoms with E-state index in [1.165, 1.54) is 12.8 Å². The van der Waals surface area contributed by atoms with Crippen LogP contribution in [0.5, 0.6) is 0 Å². The minimum Gasteiger partial charge on any atom is -0.338 e. The third-order valence-corrected chi connectivity index (χ3v) is 6.51. The number of hydrogen-bond acceptors (Lipinski definition) is 3. The predicted octanol–water partition coefficient (Wildman–Crippen LogP) is 5.08. The molecule has 0 N–H and O–H groups in total. The molecule has 0 radical (unpaired) electrons. The molecule has 1 atom stereocenters. The van der Waals surface area contributed by atoms with Gasteiger partial charge in [0.1, 0.15) is 5.01 Å². The smallest absolute Gasteiger partial charge is 0.253 e. The second kappa shape index (κ2) is 6.75. The number of benzene rings is 1. The molecule has 1 spiro atoms. The van der Waals surface area contributed by atoms with Crippen LogP contribution in [0.25, 0.3) is 10.6 Å². The summed E-state index contributed by atoms with van der Waals surface area (Å²) in [5, 5.41) is 3.07. The summed E-state index contributed by atoms with van der Waals surface area (Å²) >= 11 is 1.65. The van der Waals surface area contributed by atoms with Gasteiger partial charge in [0.05, 0.1) is 0 Å². The molecule has 1 unspecified atom stereocenters. The fraction of sp³-hybridized carbons (Fsp3) is 0.429. The van der Waals surface area contributed by atoms with Gasteiger partial charge in [-0.25, -0.2) is 4.98 Å². The molecule has 4 rings (SSSR count). The van der Waals surface area contributed by atoms with Gasteiger partial charge >= 0.3 is 0 Å². The standard InChI is InChI=1S/C21H24N2OS/c1-16-14-25-19(22-16)17-6-8-18(9-7-17)20(24)23-13-5-12-21(15-23)10-3-2-4-11-21/h2-3,6-9,14H,4-5,10-13,15H2,1H3. The molecule has 130 valence electrons. The van der Waals surface area contributed by atoms with E-state index in [0.29, 0.717) is 5.41 Å². The zero-order valence-electron chi connectivity index (χ0n) is 14.7. The molecule has 1 aliphatic carbocycles. The van der Waals surface area contributed by atoms with E-state index >= 15 is 0 Å². The highest BCUT2D eigenvalue weighted by Gasteiger charge is 2.36. The fourth-order valence-electron chi connectivity index (χ4n) is 4.12. The number of likely N-dealkylation sites (tertiary alicyclic amines) is 1. The van der Waals surface area contributed by atoms with Crippen molar-refractivity contribution in [3.63, 3.8) is 0 Å². The van der Waals surface area contributed by atoms with Gasteiger partial charge in [0, 0.05) is 35.3 Å². The van der Waals surface area contributed by atoms with Crippen molar-refractivity contribution in [1.82, 2.24) is 9.88 Å². The van der Waals surface area contributed by atoms with Crippen LogP contribution in [0.4, 0.5) is 0 Å². The number of carbonyl (C=O) groups is 1. The lowest BCUT2D eigenvalue weighted by Crippen LogP contribution is -2.46. The van der Waals surface area contributed by atoms with Crippen molar-refractivity contribution in [2.24, 2.45) is 5.41 Å². The first-order chi connectivity index (χ1) is 12.2. The molecule has 1 amide bonds. The van der Waals surface area contributed by atoms with E-state index in [2.05, 4.69) is 27.4 Å². The van der Waals surface area contributed by atoms with Crippen molar-refractivity contribution in [3.05, 3.63) is 53.1 Å². The van der Waals surface area contributed by atoms with Gasteiger partial charge < -0.3 is 4.90 Å². The molecule has 2 aliphatic rings. The number of thiazole rings is 1. The van der Waals surface area contributed by atoms with Crippen molar-refractivity contribution >= 4 is 17.2 Å². The molecular formula is C21H24N2OS. The zero-order valence-corrected chi connectivity index (χ0v) is 15.5. The number of aromatic nitrogens is 1. The van der Waals surface area contributed by atoms with Gasteiger partial charge in [-0.3, -0.25) is 4.79 Å². The van der Waals surface area contributed by atoms with Crippen molar-refractivity contribution in [1.29, 1.82) is 0 Å². The van der Waals surface area contributed by atoms with Crippen molar-refractivity contribution in [3.8, 4) is 10.6 Å². The van der Waals surface area contributed by atoms with E-state index < -0.39 is 0 Å². The maximum Gasteiger partial charge on any atom is 0.253 e. The highest BCUT2D eigenvalue weighted by molar-refractivity contribution is 7.13. The first-order valence-electron chi connectivity index (χ1n) is 9.12. The lowest BCUT2D eigenvalue weighted by atomic mass is 9.71. The SMILES string of the molecule is Cc1csc(-c2ccc(C(=O)N3CCCC4(CC=CCC4)C3)cc2)n1. The Bertz CT molecular complexity index is 792. The quantitative estimate of drug-likeness (QED) is 0.706. The number of allylic oxidation sites excluding steroid dienone is 2. The molecule has 1 aliphatic heterocycles. The summed E-state index contributed by atoms with van der Waals surface area (Å²) in [6.07, 6.45) is 10.5. The van der Waals surface area contributed by atoms with Crippen molar-refractivity contribution < 1.29 is 4.79 Å². The van der Waals surface area contributed by atoms with Gasteiger partial charge in [-0.2, -0.15) is 0 Å². The van der Waals surface area contributed by atoms with Crippen LogP contribution < -0.4 is 0 Å². The average Bonchev–Trinajstić information content (AvgIpc) is 3.08. The van der Waals surface area contributed by atoms with Crippen LogP contribution in [-0.4, -0.2) is 28.9 Å². The summed E-state index contributed by atoms with van der Waals surface area (Å²) in [7, 11) is 0. The molecule has 4 heteroatoms. The van der Waals surface area contributed by atoms with Gasteiger partial charge in [-0.05, 0) is 56.6 Å². The lowest BCUT2D eigenvalue weighted by molar-refractivity contribution is 0.0484. The minimum atomic E-state index is 0.176. The molecule has 1 aromatic carbocycles. The Kier molecular flexibility index (Phi) is 4.46. The van der Waals surface area contributed by atoms with Gasteiger partial charge in [0.2, 0.25) is 0 Å². The summed E-state index contributed by atoms with van der Waals surface area (Å²) in [5.41, 5.74) is 3.24. The monoisotopic (exact) mass is 352 g/mol. The molecule has 1 aromatic heterocycles. The molecule has 2 aromatic rings. The van der Waals surface area contributed by atoms with E-state index in [1.54, 1.807) is 11.3 Å². The van der Waals surface area contributed by atoms with E-state index in [4.69, 9.17) is 0 Å². The maximum absolute atomic E-state index is 13.0. The third-order valence-electron chi connectivity index (χ3n) is 5.51. The number of hydrogen-bond donors (Lipinski definition) is 0. The summed E-state index contributed by atoms with van der Waals surface area (Å²) in [6, 6.07) is 7.95. The van der Waals surface area contributed by atoms with Crippen LogP contribution in [0, 0.1) is 12.3 Å². The van der Waals surface area contributed by atoms with Crippen molar-refractivity contribution in [2.75, 3.05) is 13.1 Å². The van der Waals surface area contributed by atoms with Gasteiger partial charge in [-0.1, -0.05) is 24.3 Å². The first kappa shape index (κ1) is 16.5. The number of nitrogens with zero attached hydrogens (tertiary/aromatic N) is 2. The van der Waals surface area contributed by atoms with E-state index in [1.807, 2.05) is 31.2 Å².